The molecule has 0 unspecified atom stereocenters. The first kappa shape index (κ1) is 22.2. The Balaban J connectivity index is 1.16. The maximum absolute atomic E-state index is 5.20. The minimum atomic E-state index is 1.04. The maximum atomic E-state index is 5.20. The molecule has 0 fully saturated rings. The van der Waals surface area contributed by atoms with Gasteiger partial charge in [-0.3, -0.25) is 0 Å². The second-order valence-electron chi connectivity index (χ2n) is 10.0. The predicted octanol–water partition coefficient (Wildman–Crippen LogP) is 10.8. The van der Waals surface area contributed by atoms with Crippen molar-refractivity contribution in [3.05, 3.63) is 140 Å². The zero-order chi connectivity index (χ0) is 25.8. The number of thiophene rings is 1. The molecule has 6 aromatic carbocycles. The topological polar surface area (TPSA) is 12.9 Å². The Morgan fingerprint density at radius 3 is 1.69 bits per heavy atom. The predicted molar refractivity (Wildman–Crippen MR) is 168 cm³/mol. The van der Waals surface area contributed by atoms with Gasteiger partial charge in [0.15, 0.2) is 0 Å². The van der Waals surface area contributed by atoms with E-state index in [9.17, 15) is 0 Å². The summed E-state index contributed by atoms with van der Waals surface area (Å²) >= 11 is 1.77. The molecule has 0 aliphatic heterocycles. The number of aromatic nitrogens is 1. The van der Waals surface area contributed by atoms with Crippen LogP contribution in [0.15, 0.2) is 140 Å². The van der Waals surface area contributed by atoms with Crippen molar-refractivity contribution in [2.45, 2.75) is 0 Å². The van der Waals surface area contributed by atoms with Crippen LogP contribution in [-0.2, 0) is 0 Å². The second-order valence-corrected chi connectivity index (χ2v) is 11.0. The Morgan fingerprint density at radius 1 is 0.410 bits per heavy atom. The van der Waals surface area contributed by atoms with Crippen molar-refractivity contribution in [2.75, 3.05) is 0 Å². The van der Waals surface area contributed by atoms with Crippen LogP contribution in [0.5, 0.6) is 0 Å². The SMILES string of the molecule is c1ccc2cc(-c3ccc(-c4ccc(-c5nc6sc7ccccc7c6c6ccccc56)cc4)cc3)ccc2c1. The molecule has 0 N–H and O–H groups in total. The van der Waals surface area contributed by atoms with Gasteiger partial charge in [-0.2, -0.15) is 0 Å². The molecule has 0 radical (unpaired) electrons. The lowest BCUT2D eigenvalue weighted by molar-refractivity contribution is 1.45. The van der Waals surface area contributed by atoms with Gasteiger partial charge in [-0.1, -0.05) is 127 Å². The highest BCUT2D eigenvalue weighted by atomic mass is 32.1. The number of hydrogen-bond acceptors (Lipinski definition) is 2. The Labute approximate surface area is 230 Å². The zero-order valence-corrected chi connectivity index (χ0v) is 22.0. The monoisotopic (exact) mass is 513 g/mol. The van der Waals surface area contributed by atoms with Gasteiger partial charge >= 0.3 is 0 Å². The van der Waals surface area contributed by atoms with Gasteiger partial charge in [-0.15, -0.1) is 11.3 Å². The molecule has 0 amide bonds. The molecular weight excluding hydrogens is 490 g/mol. The van der Waals surface area contributed by atoms with Crippen LogP contribution >= 0.6 is 11.3 Å². The first-order valence-corrected chi connectivity index (χ1v) is 14.0. The highest BCUT2D eigenvalue weighted by molar-refractivity contribution is 7.25. The minimum absolute atomic E-state index is 1.04. The lowest BCUT2D eigenvalue weighted by Crippen LogP contribution is -1.88. The molecule has 0 atom stereocenters. The van der Waals surface area contributed by atoms with Gasteiger partial charge in [0.2, 0.25) is 0 Å². The Hall–Kier alpha value is -4.79. The molecule has 0 aliphatic rings. The molecule has 0 saturated heterocycles. The van der Waals surface area contributed by atoms with Crippen molar-refractivity contribution in [1.29, 1.82) is 0 Å². The van der Waals surface area contributed by atoms with Gasteiger partial charge in [-0.25, -0.2) is 4.98 Å². The van der Waals surface area contributed by atoms with Crippen molar-refractivity contribution >= 4 is 53.2 Å². The Kier molecular flexibility index (Phi) is 5.07. The van der Waals surface area contributed by atoms with Crippen LogP contribution in [0.3, 0.4) is 0 Å². The summed E-state index contributed by atoms with van der Waals surface area (Å²) in [5.41, 5.74) is 7.07. The van der Waals surface area contributed by atoms with Crippen molar-refractivity contribution < 1.29 is 0 Å². The number of rotatable bonds is 3. The lowest BCUT2D eigenvalue weighted by atomic mass is 9.96. The highest BCUT2D eigenvalue weighted by Gasteiger charge is 2.14. The molecule has 0 saturated carbocycles. The van der Waals surface area contributed by atoms with E-state index in [0.717, 1.165) is 16.1 Å². The van der Waals surface area contributed by atoms with Crippen LogP contribution in [-0.4, -0.2) is 4.98 Å². The molecule has 2 heterocycles. The molecule has 0 spiro atoms. The fourth-order valence-corrected chi connectivity index (χ4v) is 6.80. The highest BCUT2D eigenvalue weighted by Crippen LogP contribution is 2.40. The van der Waals surface area contributed by atoms with Crippen molar-refractivity contribution in [2.24, 2.45) is 0 Å². The van der Waals surface area contributed by atoms with Crippen LogP contribution < -0.4 is 0 Å². The van der Waals surface area contributed by atoms with Crippen LogP contribution in [0.2, 0.25) is 0 Å². The minimum Gasteiger partial charge on any atom is -0.236 e. The van der Waals surface area contributed by atoms with Gasteiger partial charge < -0.3 is 0 Å². The number of benzene rings is 6. The average molecular weight is 514 g/mol. The first-order valence-electron chi connectivity index (χ1n) is 13.2. The zero-order valence-electron chi connectivity index (χ0n) is 21.1. The van der Waals surface area contributed by atoms with Crippen molar-refractivity contribution in [3.8, 4) is 33.5 Å². The lowest BCUT2D eigenvalue weighted by Gasteiger charge is -2.10. The molecule has 0 bridgehead atoms. The molecule has 2 heteroatoms. The third kappa shape index (κ3) is 3.72. The van der Waals surface area contributed by atoms with Crippen LogP contribution in [0.4, 0.5) is 0 Å². The quantitative estimate of drug-likeness (QED) is 0.229. The van der Waals surface area contributed by atoms with E-state index in [2.05, 4.69) is 140 Å². The van der Waals surface area contributed by atoms with Gasteiger partial charge in [-0.05, 0) is 50.5 Å². The fourth-order valence-electron chi connectivity index (χ4n) is 5.71. The summed E-state index contributed by atoms with van der Waals surface area (Å²) in [6.07, 6.45) is 0. The van der Waals surface area contributed by atoms with Crippen molar-refractivity contribution in [1.82, 2.24) is 4.98 Å². The molecule has 8 rings (SSSR count). The van der Waals surface area contributed by atoms with Gasteiger partial charge in [0.25, 0.3) is 0 Å². The van der Waals surface area contributed by atoms with Gasteiger partial charge in [0.1, 0.15) is 4.83 Å². The number of pyridine rings is 1. The summed E-state index contributed by atoms with van der Waals surface area (Å²) in [7, 11) is 0. The molecule has 1 nitrogen and oxygen atoms in total. The smallest absolute Gasteiger partial charge is 0.125 e. The van der Waals surface area contributed by atoms with Crippen LogP contribution in [0.1, 0.15) is 0 Å². The van der Waals surface area contributed by atoms with E-state index in [0.29, 0.717) is 0 Å². The summed E-state index contributed by atoms with van der Waals surface area (Å²) in [4.78, 5) is 6.29. The molecule has 39 heavy (non-hydrogen) atoms. The van der Waals surface area contributed by atoms with Gasteiger partial charge in [0, 0.05) is 26.4 Å². The number of fused-ring (bicyclic) bond motifs is 6. The number of nitrogens with zero attached hydrogens (tertiary/aromatic N) is 1. The Morgan fingerprint density at radius 2 is 0.949 bits per heavy atom. The second kappa shape index (κ2) is 8.90. The Bertz CT molecular complexity index is 2150. The van der Waals surface area contributed by atoms with E-state index in [1.54, 1.807) is 11.3 Å². The van der Waals surface area contributed by atoms with E-state index < -0.39 is 0 Å². The molecular formula is C37H23NS. The van der Waals surface area contributed by atoms with Crippen molar-refractivity contribution in [3.63, 3.8) is 0 Å². The summed E-state index contributed by atoms with van der Waals surface area (Å²) in [6, 6.07) is 50.2. The molecule has 182 valence electrons. The van der Waals surface area contributed by atoms with E-state index in [4.69, 9.17) is 4.98 Å². The normalized spacial score (nSPS) is 11.6. The summed E-state index contributed by atoms with van der Waals surface area (Å²) in [5.74, 6) is 0. The van der Waals surface area contributed by atoms with E-state index >= 15 is 0 Å². The van der Waals surface area contributed by atoms with Gasteiger partial charge in [0.05, 0.1) is 5.69 Å². The molecule has 8 aromatic rings. The van der Waals surface area contributed by atoms with E-state index in [1.165, 1.54) is 59.3 Å². The standard InChI is InChI=1S/C37H23NS/c1-2-8-29-23-30(22-19-24(29)7-1)27-15-13-25(14-16-27)26-17-20-28(21-18-26)36-32-10-4-3-9-31(32)35-33-11-5-6-12-34(33)39-37(35)38-36/h1-23H. The third-order valence-corrected chi connectivity index (χ3v) is 8.77. The first-order chi connectivity index (χ1) is 19.3. The molecule has 0 aliphatic carbocycles. The van der Waals surface area contributed by atoms with Crippen LogP contribution in [0.25, 0.3) is 75.4 Å². The maximum Gasteiger partial charge on any atom is 0.125 e. The fraction of sp³-hybridized carbons (Fsp3) is 0. The average Bonchev–Trinajstić information content (AvgIpc) is 3.39. The third-order valence-electron chi connectivity index (χ3n) is 7.70. The largest absolute Gasteiger partial charge is 0.236 e. The van der Waals surface area contributed by atoms with E-state index in [1.807, 2.05) is 0 Å². The number of hydrogen-bond donors (Lipinski definition) is 0. The summed E-state index contributed by atoms with van der Waals surface area (Å²) < 4.78 is 1.28. The summed E-state index contributed by atoms with van der Waals surface area (Å²) in [5, 5.41) is 7.55. The van der Waals surface area contributed by atoms with E-state index in [-0.39, 0.29) is 0 Å². The van der Waals surface area contributed by atoms with Crippen LogP contribution in [0, 0.1) is 0 Å². The summed E-state index contributed by atoms with van der Waals surface area (Å²) in [6.45, 7) is 0. The molecule has 2 aromatic heterocycles.